The van der Waals surface area contributed by atoms with E-state index < -0.39 is 11.9 Å². The molecule has 1 N–H and O–H groups in total. The molecule has 5 atom stereocenters. The highest BCUT2D eigenvalue weighted by molar-refractivity contribution is 5.70. The van der Waals surface area contributed by atoms with Gasteiger partial charge in [0.05, 0.1) is 24.7 Å². The summed E-state index contributed by atoms with van der Waals surface area (Å²) in [5.41, 5.74) is 1.71. The van der Waals surface area contributed by atoms with Gasteiger partial charge in [-0.15, -0.1) is 0 Å². The second kappa shape index (κ2) is 5.15. The van der Waals surface area contributed by atoms with Crippen molar-refractivity contribution in [1.29, 1.82) is 0 Å². The number of fused-ring (bicyclic) bond motifs is 4. The minimum absolute atomic E-state index is 0.0820. The van der Waals surface area contributed by atoms with Crippen LogP contribution >= 0.6 is 0 Å². The molecule has 20 heavy (non-hydrogen) atoms. The summed E-state index contributed by atoms with van der Waals surface area (Å²) in [6, 6.07) is 0. The van der Waals surface area contributed by atoms with Crippen LogP contribution in [0.15, 0.2) is 11.6 Å². The van der Waals surface area contributed by atoms with Gasteiger partial charge >= 0.3 is 5.97 Å². The number of ether oxygens (including phenoxy) is 2. The van der Waals surface area contributed by atoms with Gasteiger partial charge in [0.15, 0.2) is 0 Å². The molecule has 112 valence electrons. The third-order valence-corrected chi connectivity index (χ3v) is 5.39. The number of methoxy groups -OCH3 is 1. The molecule has 2 fully saturated rings. The van der Waals surface area contributed by atoms with Crippen LogP contribution in [0.1, 0.15) is 39.0 Å². The largest absolute Gasteiger partial charge is 0.481 e. The van der Waals surface area contributed by atoms with Crippen molar-refractivity contribution in [2.24, 2.45) is 17.3 Å². The molecule has 0 aromatic heterocycles. The molecule has 0 aromatic carbocycles. The fraction of sp³-hybridized carbons (Fsp3) is 0.812. The Morgan fingerprint density at radius 1 is 1.65 bits per heavy atom. The summed E-state index contributed by atoms with van der Waals surface area (Å²) < 4.78 is 11.1. The van der Waals surface area contributed by atoms with Gasteiger partial charge in [-0.05, 0) is 32.1 Å². The first-order chi connectivity index (χ1) is 9.55. The number of carboxylic acids is 1. The first kappa shape index (κ1) is 14.1. The standard InChI is InChI=1S/C16H24O4/c1-16-7-3-4-10(8-16)5-6-11(13-14(16)20-13)12(9-19-2)15(17)18/h4,11-14H,3,5-9H2,1-2H3,(H,17,18)/t11-,12?,13+,14+,16+/m0/s1. The second-order valence-electron chi connectivity index (χ2n) is 6.86. The lowest BCUT2D eigenvalue weighted by atomic mass is 9.67. The zero-order valence-corrected chi connectivity index (χ0v) is 12.3. The van der Waals surface area contributed by atoms with Gasteiger partial charge in [0.2, 0.25) is 0 Å². The van der Waals surface area contributed by atoms with Gasteiger partial charge in [-0.3, -0.25) is 4.79 Å². The summed E-state index contributed by atoms with van der Waals surface area (Å²) in [5, 5.41) is 9.47. The number of epoxide rings is 1. The monoisotopic (exact) mass is 280 g/mol. The van der Waals surface area contributed by atoms with Gasteiger partial charge in [-0.1, -0.05) is 18.6 Å². The van der Waals surface area contributed by atoms with Crippen molar-refractivity contribution in [3.8, 4) is 0 Å². The van der Waals surface area contributed by atoms with Crippen molar-refractivity contribution < 1.29 is 19.4 Å². The smallest absolute Gasteiger partial charge is 0.309 e. The predicted molar refractivity (Wildman–Crippen MR) is 74.4 cm³/mol. The molecule has 1 saturated heterocycles. The van der Waals surface area contributed by atoms with E-state index in [0.717, 1.165) is 32.1 Å². The van der Waals surface area contributed by atoms with E-state index in [1.54, 1.807) is 7.11 Å². The molecule has 3 aliphatic rings. The lowest BCUT2D eigenvalue weighted by Crippen LogP contribution is -2.37. The van der Waals surface area contributed by atoms with Crippen molar-refractivity contribution in [2.45, 2.75) is 51.2 Å². The number of rotatable bonds is 4. The van der Waals surface area contributed by atoms with E-state index in [-0.39, 0.29) is 30.1 Å². The summed E-state index contributed by atoms with van der Waals surface area (Å²) >= 11 is 0. The van der Waals surface area contributed by atoms with Gasteiger partial charge in [0, 0.05) is 18.4 Å². The highest BCUT2D eigenvalue weighted by atomic mass is 16.6. The molecule has 1 heterocycles. The molecule has 0 amide bonds. The van der Waals surface area contributed by atoms with Crippen LogP contribution in [0.25, 0.3) is 0 Å². The average Bonchev–Trinajstić information content (AvgIpc) is 3.17. The van der Waals surface area contributed by atoms with Crippen LogP contribution in [0.4, 0.5) is 0 Å². The van der Waals surface area contributed by atoms with E-state index in [1.807, 2.05) is 0 Å². The molecule has 1 saturated carbocycles. The Morgan fingerprint density at radius 3 is 3.15 bits per heavy atom. The van der Waals surface area contributed by atoms with Gasteiger partial charge in [-0.25, -0.2) is 0 Å². The Kier molecular flexibility index (Phi) is 3.63. The zero-order valence-electron chi connectivity index (χ0n) is 12.3. The van der Waals surface area contributed by atoms with Crippen LogP contribution in [0, 0.1) is 17.3 Å². The Hall–Kier alpha value is -0.870. The normalized spacial score (nSPS) is 40.9. The molecule has 1 aliphatic heterocycles. The van der Waals surface area contributed by atoms with Crippen LogP contribution in [-0.4, -0.2) is 37.0 Å². The number of carboxylic acid groups (broad SMARTS) is 1. The van der Waals surface area contributed by atoms with Gasteiger partial charge in [0.1, 0.15) is 0 Å². The Bertz CT molecular complexity index is 430. The van der Waals surface area contributed by atoms with Crippen molar-refractivity contribution in [3.05, 3.63) is 11.6 Å². The van der Waals surface area contributed by atoms with Crippen molar-refractivity contribution in [1.82, 2.24) is 0 Å². The molecule has 2 aliphatic carbocycles. The van der Waals surface area contributed by atoms with Crippen molar-refractivity contribution in [2.75, 3.05) is 13.7 Å². The average molecular weight is 280 g/mol. The fourth-order valence-corrected chi connectivity index (χ4v) is 4.23. The highest BCUT2D eigenvalue weighted by Crippen LogP contribution is 2.54. The maximum Gasteiger partial charge on any atom is 0.309 e. The molecule has 3 rings (SSSR count). The maximum atomic E-state index is 11.5. The lowest BCUT2D eigenvalue weighted by molar-refractivity contribution is -0.146. The molecule has 2 bridgehead atoms. The first-order valence-electron chi connectivity index (χ1n) is 7.60. The summed E-state index contributed by atoms with van der Waals surface area (Å²) in [5.74, 6) is -1.12. The number of aliphatic carboxylic acids is 1. The van der Waals surface area contributed by atoms with Crippen LogP contribution in [0.2, 0.25) is 0 Å². The van der Waals surface area contributed by atoms with E-state index in [1.165, 1.54) is 5.57 Å². The topological polar surface area (TPSA) is 59.1 Å². The Morgan fingerprint density at radius 2 is 2.45 bits per heavy atom. The van der Waals surface area contributed by atoms with Gasteiger partial charge in [-0.2, -0.15) is 0 Å². The Balaban J connectivity index is 1.82. The number of carbonyl (C=O) groups is 1. The SMILES string of the molecule is COCC(C(=O)O)[C@@H]1CCC2=CCC[C@](C)(C2)[C@@H]2O[C@@H]21. The minimum Gasteiger partial charge on any atom is -0.481 e. The van der Waals surface area contributed by atoms with E-state index in [0.29, 0.717) is 0 Å². The number of allylic oxidation sites excluding steroid dienone is 2. The van der Waals surface area contributed by atoms with Crippen LogP contribution in [0.3, 0.4) is 0 Å². The molecule has 1 unspecified atom stereocenters. The number of hydrogen-bond acceptors (Lipinski definition) is 3. The van der Waals surface area contributed by atoms with Gasteiger partial charge in [0.25, 0.3) is 0 Å². The minimum atomic E-state index is -0.754. The van der Waals surface area contributed by atoms with Crippen LogP contribution in [0.5, 0.6) is 0 Å². The van der Waals surface area contributed by atoms with E-state index >= 15 is 0 Å². The predicted octanol–water partition coefficient (Wildman–Crippen LogP) is 2.63. The Labute approximate surface area is 120 Å². The summed E-state index contributed by atoms with van der Waals surface area (Å²) in [6.07, 6.45) is 8.07. The van der Waals surface area contributed by atoms with Gasteiger partial charge < -0.3 is 14.6 Å². The van der Waals surface area contributed by atoms with Crippen LogP contribution < -0.4 is 0 Å². The third-order valence-electron chi connectivity index (χ3n) is 5.39. The van der Waals surface area contributed by atoms with E-state index in [9.17, 15) is 9.90 Å². The molecule has 0 spiro atoms. The quantitative estimate of drug-likeness (QED) is 0.635. The lowest BCUT2D eigenvalue weighted by Gasteiger charge is -2.36. The second-order valence-corrected chi connectivity index (χ2v) is 6.86. The fourth-order valence-electron chi connectivity index (χ4n) is 4.23. The van der Waals surface area contributed by atoms with Crippen LogP contribution in [-0.2, 0) is 14.3 Å². The zero-order chi connectivity index (χ0) is 14.3. The summed E-state index contributed by atoms with van der Waals surface area (Å²) in [6.45, 7) is 2.58. The van der Waals surface area contributed by atoms with Crippen molar-refractivity contribution >= 4 is 5.97 Å². The van der Waals surface area contributed by atoms with E-state index in [2.05, 4.69) is 13.0 Å². The molecule has 4 nitrogen and oxygen atoms in total. The highest BCUT2D eigenvalue weighted by Gasteiger charge is 2.58. The summed E-state index contributed by atoms with van der Waals surface area (Å²) in [7, 11) is 1.57. The summed E-state index contributed by atoms with van der Waals surface area (Å²) in [4.78, 5) is 11.5. The molecular formula is C16H24O4. The van der Waals surface area contributed by atoms with E-state index in [4.69, 9.17) is 9.47 Å². The number of hydrogen-bond donors (Lipinski definition) is 1. The molecule has 0 radical (unpaired) electrons. The van der Waals surface area contributed by atoms with Crippen molar-refractivity contribution in [3.63, 3.8) is 0 Å². The maximum absolute atomic E-state index is 11.5. The first-order valence-corrected chi connectivity index (χ1v) is 7.60. The molecular weight excluding hydrogens is 256 g/mol. The third kappa shape index (κ3) is 2.40. The molecule has 4 heteroatoms. The molecule has 0 aromatic rings.